The zero-order chi connectivity index (χ0) is 15.4. The first-order valence-corrected chi connectivity index (χ1v) is 7.65. The Kier molecular flexibility index (Phi) is 4.34. The van der Waals surface area contributed by atoms with Gasteiger partial charge in [-0.2, -0.15) is 5.10 Å². The van der Waals surface area contributed by atoms with Crippen LogP contribution >= 0.6 is 15.9 Å². The summed E-state index contributed by atoms with van der Waals surface area (Å²) in [6.45, 7) is 0.438. The van der Waals surface area contributed by atoms with Crippen molar-refractivity contribution in [1.82, 2.24) is 15.1 Å². The Bertz CT molecular complexity index is 783. The number of benzene rings is 2. The van der Waals surface area contributed by atoms with Crippen molar-refractivity contribution in [2.24, 2.45) is 0 Å². The van der Waals surface area contributed by atoms with E-state index in [0.717, 1.165) is 15.7 Å². The van der Waals surface area contributed by atoms with E-state index in [4.69, 9.17) is 0 Å². The Morgan fingerprint density at radius 3 is 2.59 bits per heavy atom. The zero-order valence-electron chi connectivity index (χ0n) is 11.7. The van der Waals surface area contributed by atoms with E-state index in [1.54, 1.807) is 16.9 Å². The van der Waals surface area contributed by atoms with Crippen molar-refractivity contribution in [3.05, 3.63) is 82.6 Å². The van der Waals surface area contributed by atoms with E-state index in [-0.39, 0.29) is 5.91 Å². The van der Waals surface area contributed by atoms with Gasteiger partial charge < -0.3 is 5.32 Å². The van der Waals surface area contributed by atoms with Crippen molar-refractivity contribution in [2.75, 3.05) is 0 Å². The maximum absolute atomic E-state index is 12.1. The molecule has 0 spiro atoms. The van der Waals surface area contributed by atoms with Gasteiger partial charge in [-0.3, -0.25) is 4.79 Å². The average molecular weight is 356 g/mol. The van der Waals surface area contributed by atoms with Crippen LogP contribution in [0.3, 0.4) is 0 Å². The molecule has 0 aliphatic carbocycles. The van der Waals surface area contributed by atoms with Gasteiger partial charge in [0.2, 0.25) is 0 Å². The molecular formula is C17H14BrN3O. The van der Waals surface area contributed by atoms with Gasteiger partial charge in [-0.25, -0.2) is 4.68 Å². The molecule has 0 saturated carbocycles. The van der Waals surface area contributed by atoms with Crippen LogP contribution in [0.1, 0.15) is 15.9 Å². The molecule has 0 atom stereocenters. The number of rotatable bonds is 4. The smallest absolute Gasteiger partial charge is 0.252 e. The predicted molar refractivity (Wildman–Crippen MR) is 88.9 cm³/mol. The van der Waals surface area contributed by atoms with Gasteiger partial charge in [0.25, 0.3) is 5.91 Å². The molecule has 0 saturated heterocycles. The second kappa shape index (κ2) is 6.58. The largest absolute Gasteiger partial charge is 0.348 e. The van der Waals surface area contributed by atoms with Gasteiger partial charge in [0, 0.05) is 22.8 Å². The molecule has 2 aromatic carbocycles. The van der Waals surface area contributed by atoms with Crippen molar-refractivity contribution in [3.8, 4) is 5.69 Å². The fraction of sp³-hybridized carbons (Fsp3) is 0.0588. The number of hydrogen-bond acceptors (Lipinski definition) is 2. The van der Waals surface area contributed by atoms with Crippen LogP contribution in [0.4, 0.5) is 0 Å². The van der Waals surface area contributed by atoms with Gasteiger partial charge in [0.05, 0.1) is 17.4 Å². The molecule has 0 bridgehead atoms. The maximum Gasteiger partial charge on any atom is 0.252 e. The first kappa shape index (κ1) is 14.5. The van der Waals surface area contributed by atoms with Crippen LogP contribution in [0.25, 0.3) is 5.69 Å². The number of hydrogen-bond donors (Lipinski definition) is 1. The summed E-state index contributed by atoms with van der Waals surface area (Å²) < 4.78 is 2.58. The summed E-state index contributed by atoms with van der Waals surface area (Å²) in [6.07, 6.45) is 3.67. The number of nitrogens with zero attached hydrogens (tertiary/aromatic N) is 2. The standard InChI is InChI=1S/C17H14BrN3O/c18-16-9-5-4-8-15(16)17(22)19-10-13-11-20-21(12-13)14-6-2-1-3-7-14/h1-9,11-12H,10H2,(H,19,22). The molecule has 0 radical (unpaired) electrons. The zero-order valence-corrected chi connectivity index (χ0v) is 13.3. The molecule has 0 aliphatic rings. The Morgan fingerprint density at radius 1 is 1.09 bits per heavy atom. The highest BCUT2D eigenvalue weighted by molar-refractivity contribution is 9.10. The van der Waals surface area contributed by atoms with E-state index in [2.05, 4.69) is 26.3 Å². The first-order chi connectivity index (χ1) is 10.7. The van der Waals surface area contributed by atoms with E-state index in [1.807, 2.05) is 54.7 Å². The molecule has 3 aromatic rings. The van der Waals surface area contributed by atoms with Crippen LogP contribution in [0.5, 0.6) is 0 Å². The van der Waals surface area contributed by atoms with Crippen LogP contribution in [-0.2, 0) is 6.54 Å². The quantitative estimate of drug-likeness (QED) is 0.777. The summed E-state index contributed by atoms with van der Waals surface area (Å²) in [6, 6.07) is 17.2. The molecule has 0 fully saturated rings. The number of carbonyl (C=O) groups is 1. The summed E-state index contributed by atoms with van der Waals surface area (Å²) in [7, 11) is 0. The molecule has 4 nitrogen and oxygen atoms in total. The van der Waals surface area contributed by atoms with Gasteiger partial charge in [0.1, 0.15) is 0 Å². The molecule has 1 heterocycles. The molecule has 22 heavy (non-hydrogen) atoms. The van der Waals surface area contributed by atoms with Gasteiger partial charge >= 0.3 is 0 Å². The third-order valence-electron chi connectivity index (χ3n) is 3.23. The number of para-hydroxylation sites is 1. The minimum Gasteiger partial charge on any atom is -0.348 e. The van der Waals surface area contributed by atoms with Crippen LogP contribution in [-0.4, -0.2) is 15.7 Å². The third-order valence-corrected chi connectivity index (χ3v) is 3.92. The lowest BCUT2D eigenvalue weighted by Gasteiger charge is -2.05. The Labute approximate surface area is 136 Å². The summed E-state index contributed by atoms with van der Waals surface area (Å²) in [5, 5.41) is 7.21. The summed E-state index contributed by atoms with van der Waals surface area (Å²) in [5.41, 5.74) is 2.56. The Balaban J connectivity index is 1.67. The van der Waals surface area contributed by atoms with Crippen molar-refractivity contribution >= 4 is 21.8 Å². The van der Waals surface area contributed by atoms with Gasteiger partial charge in [0.15, 0.2) is 0 Å². The Hall–Kier alpha value is -2.40. The molecule has 110 valence electrons. The summed E-state index contributed by atoms with van der Waals surface area (Å²) in [5.74, 6) is -0.111. The van der Waals surface area contributed by atoms with Gasteiger partial charge in [-0.15, -0.1) is 0 Å². The molecule has 0 aliphatic heterocycles. The van der Waals surface area contributed by atoms with Crippen molar-refractivity contribution in [2.45, 2.75) is 6.54 Å². The number of aromatic nitrogens is 2. The number of amides is 1. The lowest BCUT2D eigenvalue weighted by atomic mass is 10.2. The highest BCUT2D eigenvalue weighted by Gasteiger charge is 2.09. The molecule has 1 amide bonds. The highest BCUT2D eigenvalue weighted by atomic mass is 79.9. The lowest BCUT2D eigenvalue weighted by Crippen LogP contribution is -2.22. The van der Waals surface area contributed by atoms with Crippen LogP contribution < -0.4 is 5.32 Å². The molecule has 0 unspecified atom stereocenters. The van der Waals surface area contributed by atoms with E-state index in [0.29, 0.717) is 12.1 Å². The van der Waals surface area contributed by atoms with E-state index < -0.39 is 0 Å². The monoisotopic (exact) mass is 355 g/mol. The van der Waals surface area contributed by atoms with E-state index in [9.17, 15) is 4.79 Å². The van der Waals surface area contributed by atoms with E-state index in [1.165, 1.54) is 0 Å². The normalized spacial score (nSPS) is 10.4. The second-order valence-corrected chi connectivity index (χ2v) is 5.65. The fourth-order valence-electron chi connectivity index (χ4n) is 2.10. The number of halogens is 1. The van der Waals surface area contributed by atoms with Crippen molar-refractivity contribution < 1.29 is 4.79 Å². The molecular weight excluding hydrogens is 342 g/mol. The predicted octanol–water partition coefficient (Wildman–Crippen LogP) is 3.56. The van der Waals surface area contributed by atoms with Crippen molar-refractivity contribution in [3.63, 3.8) is 0 Å². The van der Waals surface area contributed by atoms with Crippen molar-refractivity contribution in [1.29, 1.82) is 0 Å². The van der Waals surface area contributed by atoms with Crippen LogP contribution in [0.15, 0.2) is 71.5 Å². The molecule has 3 rings (SSSR count). The molecule has 5 heteroatoms. The highest BCUT2D eigenvalue weighted by Crippen LogP contribution is 2.15. The van der Waals surface area contributed by atoms with Crippen LogP contribution in [0, 0.1) is 0 Å². The second-order valence-electron chi connectivity index (χ2n) is 4.79. The number of nitrogens with one attached hydrogen (secondary N) is 1. The maximum atomic E-state index is 12.1. The average Bonchev–Trinajstić information content (AvgIpc) is 3.03. The minimum atomic E-state index is -0.111. The minimum absolute atomic E-state index is 0.111. The lowest BCUT2D eigenvalue weighted by molar-refractivity contribution is 0.0950. The van der Waals surface area contributed by atoms with Crippen LogP contribution in [0.2, 0.25) is 0 Å². The number of carbonyl (C=O) groups excluding carboxylic acids is 1. The fourth-order valence-corrected chi connectivity index (χ4v) is 2.56. The third kappa shape index (κ3) is 3.26. The van der Waals surface area contributed by atoms with Gasteiger partial charge in [-0.05, 0) is 40.2 Å². The first-order valence-electron chi connectivity index (χ1n) is 6.86. The molecule has 1 aromatic heterocycles. The SMILES string of the molecule is O=C(NCc1cnn(-c2ccccc2)c1)c1ccccc1Br. The van der Waals surface area contributed by atoms with E-state index >= 15 is 0 Å². The van der Waals surface area contributed by atoms with Gasteiger partial charge in [-0.1, -0.05) is 30.3 Å². The molecule has 1 N–H and O–H groups in total. The summed E-state index contributed by atoms with van der Waals surface area (Å²) in [4.78, 5) is 12.1. The summed E-state index contributed by atoms with van der Waals surface area (Å²) >= 11 is 3.38. The topological polar surface area (TPSA) is 46.9 Å². The Morgan fingerprint density at radius 2 is 1.82 bits per heavy atom.